The van der Waals surface area contributed by atoms with Gasteiger partial charge in [0.25, 0.3) is 36.3 Å². The minimum absolute atomic E-state index is 0. The maximum atomic E-state index is 12.8. The molecule has 0 amide bonds. The molecule has 0 aliphatic carbocycles. The average molecular weight is 1130 g/mol. The molecule has 390 valence electrons. The summed E-state index contributed by atoms with van der Waals surface area (Å²) in [4.78, 5) is 30.8. The summed E-state index contributed by atoms with van der Waals surface area (Å²) in [7, 11) is -12.7. The summed E-state index contributed by atoms with van der Waals surface area (Å²) < 4.78 is 150. The van der Waals surface area contributed by atoms with E-state index in [0.717, 1.165) is 35.2 Å². The Morgan fingerprint density at radius 2 is 0.914 bits per heavy atom. The fourth-order valence-corrected chi connectivity index (χ4v) is 10.0. The number of nitro groups is 3. The second-order valence-electron chi connectivity index (χ2n) is 13.0. The number of nitro benzene ring substituents is 3. The van der Waals surface area contributed by atoms with Crippen molar-refractivity contribution < 1.29 is 66.4 Å². The van der Waals surface area contributed by atoms with E-state index in [2.05, 4.69) is 15.3 Å². The number of fused-ring (bicyclic) bond motifs is 3. The zero-order chi connectivity index (χ0) is 52.1. The van der Waals surface area contributed by atoms with Gasteiger partial charge < -0.3 is 5.73 Å². The molecule has 0 fully saturated rings. The van der Waals surface area contributed by atoms with Gasteiger partial charge in [0.2, 0.25) is 30.1 Å². The van der Waals surface area contributed by atoms with E-state index in [0.29, 0.717) is 21.9 Å². The molecular weight excluding hydrogens is 1080 g/mol. The van der Waals surface area contributed by atoms with Crippen LogP contribution in [0.25, 0.3) is 32.7 Å². The van der Waals surface area contributed by atoms with Gasteiger partial charge in [-0.3, -0.25) is 35.1 Å². The molecule has 0 aliphatic rings. The first-order valence-corrected chi connectivity index (χ1v) is 24.8. The first-order chi connectivity index (χ1) is 31.3. The molecule has 6 aromatic rings. The Kier molecular flexibility index (Phi) is 21.4. The molecule has 6 rings (SSSR count). The number of sulfonamides is 3. The predicted octanol–water partition coefficient (Wildman–Crippen LogP) is 8.57. The molecule has 0 bridgehead atoms. The molecule has 3 aromatic heterocycles. The summed E-state index contributed by atoms with van der Waals surface area (Å²) >= 11 is 17.7. The molecular formula is C34H41Cl3F6N12O12S3. The van der Waals surface area contributed by atoms with Crippen LogP contribution in [-0.2, 0) is 49.7 Å². The van der Waals surface area contributed by atoms with Crippen molar-refractivity contribution in [2.45, 2.75) is 67.6 Å². The highest BCUT2D eigenvalue weighted by molar-refractivity contribution is 8.09. The van der Waals surface area contributed by atoms with Crippen molar-refractivity contribution in [1.29, 1.82) is 0 Å². The highest BCUT2D eigenvalue weighted by Crippen LogP contribution is 2.41. The molecule has 24 nitrogen and oxygen atoms in total. The summed E-state index contributed by atoms with van der Waals surface area (Å²) in [5.74, 6) is -1.27. The zero-order valence-electron chi connectivity index (χ0n) is 34.9. The standard InChI is InChI=1S/C11H11ClF2N4O6S2.C10H9ClF2N4O4S.C9H7ClF2N4O2.C2H6.2CH4/c1-25(21,22)18(26(2,23)24)11-9-6(12)3-4-7(17(19)20)10(9)16(15-11)5-8(13)14;1-22(20,21)15-10-8-5(11)2-3-6(17(18)19)9(8)16(14-10)4-7(12)13;10-4-1-2-5(16(17)18)8-7(4)9(13)14-15(8)3-6(11)12;1-2;;/h3-4,8H,5H2,1-2H3;2-3,7H,4H2,1H3,(H,14,15);1-2,6H,3H2,(H2,13,14);1-2H3;2*1H4. The number of nitrogens with one attached hydrogen (secondary N) is 1. The van der Waals surface area contributed by atoms with Crippen molar-refractivity contribution in [3.8, 4) is 0 Å². The molecule has 3 N–H and O–H groups in total. The second kappa shape index (κ2) is 24.2. The molecule has 0 spiro atoms. The van der Waals surface area contributed by atoms with Crippen LogP contribution in [-0.4, -0.2) is 107 Å². The smallest absolute Gasteiger partial charge is 0.295 e. The number of nitrogen functional groups attached to an aromatic ring is 1. The minimum atomic E-state index is -4.48. The molecule has 70 heavy (non-hydrogen) atoms. The molecule has 0 atom stereocenters. The predicted molar refractivity (Wildman–Crippen MR) is 252 cm³/mol. The van der Waals surface area contributed by atoms with Crippen molar-refractivity contribution >= 4 is 132 Å². The largest absolute Gasteiger partial charge is 0.382 e. The highest BCUT2D eigenvalue weighted by Gasteiger charge is 2.36. The Morgan fingerprint density at radius 3 is 1.26 bits per heavy atom. The van der Waals surface area contributed by atoms with E-state index in [1.54, 1.807) is 0 Å². The van der Waals surface area contributed by atoms with Crippen LogP contribution < -0.4 is 14.2 Å². The summed E-state index contributed by atoms with van der Waals surface area (Å²) in [6.45, 7) is 1.14. The van der Waals surface area contributed by atoms with Crippen molar-refractivity contribution in [1.82, 2.24) is 29.3 Å². The number of anilines is 3. The Bertz CT molecular complexity index is 3220. The fourth-order valence-electron chi connectivity index (χ4n) is 5.96. The van der Waals surface area contributed by atoms with Gasteiger partial charge in [-0.05, 0) is 18.2 Å². The minimum Gasteiger partial charge on any atom is -0.382 e. The van der Waals surface area contributed by atoms with Gasteiger partial charge in [-0.2, -0.15) is 15.3 Å². The molecule has 0 radical (unpaired) electrons. The fraction of sp³-hybridized carbons (Fsp3) is 0.382. The van der Waals surface area contributed by atoms with E-state index in [1.165, 1.54) is 12.1 Å². The van der Waals surface area contributed by atoms with Crippen molar-refractivity contribution in [3.05, 3.63) is 81.8 Å². The normalized spacial score (nSPS) is 11.5. The summed E-state index contributed by atoms with van der Waals surface area (Å²) in [6, 6.07) is 6.56. The van der Waals surface area contributed by atoms with Crippen molar-refractivity contribution in [3.63, 3.8) is 0 Å². The third-order valence-electron chi connectivity index (χ3n) is 8.05. The van der Waals surface area contributed by atoms with Gasteiger partial charge in [-0.25, -0.2) is 65.6 Å². The Morgan fingerprint density at radius 1 is 0.600 bits per heavy atom. The number of aromatic nitrogens is 6. The van der Waals surface area contributed by atoms with E-state index >= 15 is 0 Å². The molecule has 0 saturated heterocycles. The number of hydrogen-bond acceptors (Lipinski definition) is 16. The second-order valence-corrected chi connectivity index (χ2v) is 19.9. The van der Waals surface area contributed by atoms with Gasteiger partial charge in [0, 0.05) is 18.2 Å². The third-order valence-corrected chi connectivity index (χ3v) is 12.7. The molecule has 0 aliphatic heterocycles. The van der Waals surface area contributed by atoms with Crippen molar-refractivity contribution in [2.24, 2.45) is 0 Å². The lowest BCUT2D eigenvalue weighted by molar-refractivity contribution is -0.383. The average Bonchev–Trinajstić information content (AvgIpc) is 3.82. The van der Waals surface area contributed by atoms with Gasteiger partial charge in [0.1, 0.15) is 36.2 Å². The number of nitrogens with zero attached hydrogens (tertiary/aromatic N) is 10. The van der Waals surface area contributed by atoms with Crippen molar-refractivity contribution in [2.75, 3.05) is 32.9 Å². The molecule has 0 saturated carbocycles. The zero-order valence-corrected chi connectivity index (χ0v) is 39.6. The monoisotopic (exact) mass is 1120 g/mol. The van der Waals surface area contributed by atoms with Crippen LogP contribution in [0.15, 0.2) is 36.4 Å². The number of halogens is 9. The van der Waals surface area contributed by atoms with Crippen LogP contribution >= 0.6 is 34.8 Å². The number of hydrogen-bond donors (Lipinski definition) is 2. The van der Waals surface area contributed by atoms with Gasteiger partial charge in [0.15, 0.2) is 17.5 Å². The van der Waals surface area contributed by atoms with Crippen LogP contribution in [0.2, 0.25) is 15.1 Å². The number of benzene rings is 3. The van der Waals surface area contributed by atoms with Crippen LogP contribution in [0, 0.1) is 30.3 Å². The first-order valence-electron chi connectivity index (χ1n) is 18.0. The third kappa shape index (κ3) is 14.5. The highest BCUT2D eigenvalue weighted by atomic mass is 35.5. The maximum absolute atomic E-state index is 12.8. The van der Waals surface area contributed by atoms with Gasteiger partial charge in [0.05, 0.1) is 64.8 Å². The van der Waals surface area contributed by atoms with Crippen LogP contribution in [0.5, 0.6) is 0 Å². The van der Waals surface area contributed by atoms with E-state index < -0.39 is 112 Å². The number of nitrogens with two attached hydrogens (primary N) is 1. The van der Waals surface area contributed by atoms with Crippen LogP contribution in [0.1, 0.15) is 28.7 Å². The first kappa shape index (κ1) is 62.0. The number of rotatable bonds is 14. The Hall–Kier alpha value is -6.03. The van der Waals surface area contributed by atoms with Gasteiger partial charge in [-0.15, -0.1) is 3.71 Å². The van der Waals surface area contributed by atoms with E-state index in [9.17, 15) is 81.9 Å². The molecule has 0 unspecified atom stereocenters. The Balaban J connectivity index is 0.000000516. The topological polar surface area (TPSA) is 327 Å². The Labute approximate surface area is 408 Å². The number of non-ortho nitro benzene ring substituents is 3. The van der Waals surface area contributed by atoms with Gasteiger partial charge >= 0.3 is 0 Å². The number of alkyl halides is 6. The van der Waals surface area contributed by atoms with E-state index in [4.69, 9.17) is 40.5 Å². The van der Waals surface area contributed by atoms with E-state index in [-0.39, 0.29) is 72.8 Å². The molecule has 3 heterocycles. The lowest BCUT2D eigenvalue weighted by Crippen LogP contribution is -2.35. The van der Waals surface area contributed by atoms with E-state index in [1.807, 2.05) is 18.6 Å². The van der Waals surface area contributed by atoms with Crippen LogP contribution in [0.4, 0.5) is 60.9 Å². The molecule has 3 aromatic carbocycles. The summed E-state index contributed by atoms with van der Waals surface area (Å²) in [6.07, 6.45) is -6.61. The summed E-state index contributed by atoms with van der Waals surface area (Å²) in [5, 5.41) is 43.4. The summed E-state index contributed by atoms with van der Waals surface area (Å²) in [5.41, 5.74) is 3.10. The lowest BCUT2D eigenvalue weighted by Gasteiger charge is -2.17. The van der Waals surface area contributed by atoms with Crippen LogP contribution in [0.3, 0.4) is 0 Å². The molecule has 36 heteroatoms. The lowest BCUT2D eigenvalue weighted by atomic mass is 10.2. The van der Waals surface area contributed by atoms with Gasteiger partial charge in [-0.1, -0.05) is 63.5 Å². The SMILES string of the molecule is C.C.CC.CS(=O)(=O)N(c1nn(CC(F)F)c2c([N+](=O)[O-])ccc(Cl)c12)S(C)(=O)=O.CS(=O)(=O)Nc1nn(CC(F)F)c2c([N+](=O)[O-])ccc(Cl)c12.Nc1nn(CC(F)F)c2c([N+](=O)[O-])ccc(Cl)c12. The quantitative estimate of drug-likeness (QED) is 0.0586. The maximum Gasteiger partial charge on any atom is 0.295 e.